The highest BCUT2D eigenvalue weighted by Crippen LogP contribution is 2.19. The summed E-state index contributed by atoms with van der Waals surface area (Å²) in [5.41, 5.74) is 2.39. The van der Waals surface area contributed by atoms with E-state index in [0.717, 1.165) is 51.7 Å². The zero-order chi connectivity index (χ0) is 16.5. The van der Waals surface area contributed by atoms with E-state index in [9.17, 15) is 0 Å². The molecule has 0 bridgehead atoms. The topological polar surface area (TPSA) is 33.7 Å². The number of nitrogens with one attached hydrogen (secondary N) is 1. The quantitative estimate of drug-likeness (QED) is 0.689. The SMILES string of the molecule is Cl.Cl.c1ccc(COc2ccccc2CNCCN2CCOCC2)cc1. The highest BCUT2D eigenvalue weighted by atomic mass is 35.5. The molecule has 1 heterocycles. The molecule has 26 heavy (non-hydrogen) atoms. The number of morpholine rings is 1. The molecule has 1 saturated heterocycles. The largest absolute Gasteiger partial charge is 0.489 e. The maximum absolute atomic E-state index is 6.00. The Morgan fingerprint density at radius 2 is 1.62 bits per heavy atom. The van der Waals surface area contributed by atoms with Gasteiger partial charge in [-0.2, -0.15) is 0 Å². The third-order valence-electron chi connectivity index (χ3n) is 4.23. The average molecular weight is 399 g/mol. The molecule has 0 spiro atoms. The summed E-state index contributed by atoms with van der Waals surface area (Å²) in [4.78, 5) is 2.44. The van der Waals surface area contributed by atoms with Crippen molar-refractivity contribution in [3.63, 3.8) is 0 Å². The van der Waals surface area contributed by atoms with Crippen LogP contribution in [0.2, 0.25) is 0 Å². The number of hydrogen-bond acceptors (Lipinski definition) is 4. The summed E-state index contributed by atoms with van der Waals surface area (Å²) in [5, 5.41) is 3.53. The highest BCUT2D eigenvalue weighted by molar-refractivity contribution is 5.85. The minimum absolute atomic E-state index is 0. The van der Waals surface area contributed by atoms with Crippen LogP contribution in [0.25, 0.3) is 0 Å². The number of nitrogens with zero attached hydrogens (tertiary/aromatic N) is 1. The Bertz CT molecular complexity index is 608. The van der Waals surface area contributed by atoms with E-state index < -0.39 is 0 Å². The molecule has 6 heteroatoms. The highest BCUT2D eigenvalue weighted by Gasteiger charge is 2.09. The van der Waals surface area contributed by atoms with Crippen molar-refractivity contribution in [3.8, 4) is 5.75 Å². The fourth-order valence-corrected chi connectivity index (χ4v) is 2.81. The first kappa shape index (κ1) is 22.7. The molecular weight excluding hydrogens is 371 g/mol. The maximum atomic E-state index is 6.00. The van der Waals surface area contributed by atoms with Crippen molar-refractivity contribution in [1.29, 1.82) is 0 Å². The van der Waals surface area contributed by atoms with Crippen molar-refractivity contribution in [2.45, 2.75) is 13.2 Å². The molecule has 1 aliphatic heterocycles. The van der Waals surface area contributed by atoms with Crippen LogP contribution in [0.3, 0.4) is 0 Å². The van der Waals surface area contributed by atoms with Crippen LogP contribution in [0.15, 0.2) is 54.6 Å². The fraction of sp³-hybridized carbons (Fsp3) is 0.400. The summed E-state index contributed by atoms with van der Waals surface area (Å²) in [6.07, 6.45) is 0. The monoisotopic (exact) mass is 398 g/mol. The van der Waals surface area contributed by atoms with E-state index in [-0.39, 0.29) is 24.8 Å². The molecule has 0 unspecified atom stereocenters. The van der Waals surface area contributed by atoms with Gasteiger partial charge in [0.25, 0.3) is 0 Å². The van der Waals surface area contributed by atoms with E-state index in [1.54, 1.807) is 0 Å². The molecule has 0 radical (unpaired) electrons. The number of para-hydroxylation sites is 1. The average Bonchev–Trinajstić information content (AvgIpc) is 2.66. The third-order valence-corrected chi connectivity index (χ3v) is 4.23. The molecule has 2 aromatic rings. The fourth-order valence-electron chi connectivity index (χ4n) is 2.81. The van der Waals surface area contributed by atoms with Gasteiger partial charge in [0, 0.05) is 38.3 Å². The van der Waals surface area contributed by atoms with Crippen molar-refractivity contribution < 1.29 is 9.47 Å². The number of halogens is 2. The van der Waals surface area contributed by atoms with Gasteiger partial charge in [0.2, 0.25) is 0 Å². The van der Waals surface area contributed by atoms with Gasteiger partial charge in [-0.25, -0.2) is 0 Å². The third kappa shape index (κ3) is 7.52. The first-order valence-corrected chi connectivity index (χ1v) is 8.67. The number of benzene rings is 2. The summed E-state index contributed by atoms with van der Waals surface area (Å²) in [6.45, 7) is 7.27. The molecule has 1 N–H and O–H groups in total. The van der Waals surface area contributed by atoms with Crippen LogP contribution < -0.4 is 10.1 Å². The molecule has 0 aliphatic carbocycles. The summed E-state index contributed by atoms with van der Waals surface area (Å²) in [6, 6.07) is 18.5. The molecular formula is C20H28Cl2N2O2. The molecule has 0 aromatic heterocycles. The van der Waals surface area contributed by atoms with Crippen molar-refractivity contribution >= 4 is 24.8 Å². The second-order valence-electron chi connectivity index (χ2n) is 6.01. The standard InChI is InChI=1S/C20H26N2O2.2ClH/c1-2-6-18(7-3-1)17-24-20-9-5-4-8-19(20)16-21-10-11-22-12-14-23-15-13-22;;/h1-9,21H,10-17H2;2*1H. The van der Waals surface area contributed by atoms with Gasteiger partial charge < -0.3 is 14.8 Å². The lowest BCUT2D eigenvalue weighted by molar-refractivity contribution is 0.0384. The zero-order valence-electron chi connectivity index (χ0n) is 14.9. The zero-order valence-corrected chi connectivity index (χ0v) is 16.6. The lowest BCUT2D eigenvalue weighted by Gasteiger charge is -2.26. The van der Waals surface area contributed by atoms with Crippen molar-refractivity contribution in [2.24, 2.45) is 0 Å². The number of ether oxygens (including phenoxy) is 2. The predicted octanol–water partition coefficient (Wildman–Crippen LogP) is 3.53. The summed E-state index contributed by atoms with van der Waals surface area (Å²) >= 11 is 0. The minimum Gasteiger partial charge on any atom is -0.489 e. The van der Waals surface area contributed by atoms with Gasteiger partial charge in [-0.1, -0.05) is 48.5 Å². The summed E-state index contributed by atoms with van der Waals surface area (Å²) in [7, 11) is 0. The van der Waals surface area contributed by atoms with Crippen LogP contribution >= 0.6 is 24.8 Å². The van der Waals surface area contributed by atoms with Crippen LogP contribution in [0.5, 0.6) is 5.75 Å². The Labute approximate surface area is 168 Å². The molecule has 0 amide bonds. The molecule has 144 valence electrons. The van der Waals surface area contributed by atoms with Gasteiger partial charge in [0.05, 0.1) is 13.2 Å². The van der Waals surface area contributed by atoms with Gasteiger partial charge in [-0.3, -0.25) is 4.90 Å². The summed E-state index contributed by atoms with van der Waals surface area (Å²) in [5.74, 6) is 0.959. The van der Waals surface area contributed by atoms with Crippen LogP contribution in [0, 0.1) is 0 Å². The molecule has 4 nitrogen and oxygen atoms in total. The van der Waals surface area contributed by atoms with Gasteiger partial charge in [-0.15, -0.1) is 24.8 Å². The van der Waals surface area contributed by atoms with Crippen molar-refractivity contribution in [1.82, 2.24) is 10.2 Å². The van der Waals surface area contributed by atoms with Gasteiger partial charge in [-0.05, 0) is 11.6 Å². The molecule has 3 rings (SSSR count). The van der Waals surface area contributed by atoms with Crippen LogP contribution in [0.1, 0.15) is 11.1 Å². The number of hydrogen-bond donors (Lipinski definition) is 1. The Kier molecular flexibility index (Phi) is 11.3. The van der Waals surface area contributed by atoms with E-state index in [1.807, 2.05) is 30.3 Å². The smallest absolute Gasteiger partial charge is 0.124 e. The Balaban J connectivity index is 0.00000169. The normalized spacial score (nSPS) is 14.2. The Morgan fingerprint density at radius 1 is 0.923 bits per heavy atom. The van der Waals surface area contributed by atoms with Gasteiger partial charge >= 0.3 is 0 Å². The number of rotatable bonds is 8. The van der Waals surface area contributed by atoms with Crippen molar-refractivity contribution in [3.05, 3.63) is 65.7 Å². The second kappa shape index (κ2) is 13.0. The second-order valence-corrected chi connectivity index (χ2v) is 6.01. The van der Waals surface area contributed by atoms with E-state index in [1.165, 1.54) is 11.1 Å². The minimum atomic E-state index is 0. The predicted molar refractivity (Wildman–Crippen MR) is 111 cm³/mol. The first-order chi connectivity index (χ1) is 11.9. The lowest BCUT2D eigenvalue weighted by atomic mass is 10.2. The van der Waals surface area contributed by atoms with Gasteiger partial charge in [0.1, 0.15) is 12.4 Å². The first-order valence-electron chi connectivity index (χ1n) is 8.67. The molecule has 1 fully saturated rings. The Hall–Kier alpha value is -1.30. The van der Waals surface area contributed by atoms with E-state index in [0.29, 0.717) is 6.61 Å². The molecule has 0 atom stereocenters. The lowest BCUT2D eigenvalue weighted by Crippen LogP contribution is -2.40. The summed E-state index contributed by atoms with van der Waals surface area (Å²) < 4.78 is 11.4. The van der Waals surface area contributed by atoms with Crippen LogP contribution in [-0.2, 0) is 17.9 Å². The Morgan fingerprint density at radius 3 is 2.38 bits per heavy atom. The molecule has 1 aliphatic rings. The van der Waals surface area contributed by atoms with Crippen LogP contribution in [-0.4, -0.2) is 44.3 Å². The van der Waals surface area contributed by atoms with E-state index in [4.69, 9.17) is 9.47 Å². The molecule has 2 aromatic carbocycles. The van der Waals surface area contributed by atoms with E-state index >= 15 is 0 Å². The van der Waals surface area contributed by atoms with Crippen molar-refractivity contribution in [2.75, 3.05) is 39.4 Å². The van der Waals surface area contributed by atoms with E-state index in [2.05, 4.69) is 34.5 Å². The van der Waals surface area contributed by atoms with Crippen LogP contribution in [0.4, 0.5) is 0 Å². The molecule has 0 saturated carbocycles. The van der Waals surface area contributed by atoms with Gasteiger partial charge in [0.15, 0.2) is 0 Å². The maximum Gasteiger partial charge on any atom is 0.124 e.